The van der Waals surface area contributed by atoms with Crippen LogP contribution in [0.15, 0.2) is 42.7 Å². The fourth-order valence-electron chi connectivity index (χ4n) is 1.68. The normalized spacial score (nSPS) is 11.8. The molecular formula is C13H11N3O. The van der Waals surface area contributed by atoms with Crippen molar-refractivity contribution in [1.29, 1.82) is 5.26 Å². The maximum absolute atomic E-state index is 12.2. The van der Waals surface area contributed by atoms with Gasteiger partial charge < -0.3 is 4.57 Å². The Bertz CT molecular complexity index is 566. The lowest BCUT2D eigenvalue weighted by Gasteiger charge is -2.12. The minimum Gasteiger partial charge on any atom is -0.312 e. The highest BCUT2D eigenvalue weighted by Gasteiger charge is 2.18. The van der Waals surface area contributed by atoms with E-state index in [4.69, 9.17) is 5.26 Å². The van der Waals surface area contributed by atoms with Crippen LogP contribution in [0.1, 0.15) is 29.1 Å². The lowest BCUT2D eigenvalue weighted by atomic mass is 10.1. The number of hydrogen-bond acceptors (Lipinski definition) is 3. The van der Waals surface area contributed by atoms with Gasteiger partial charge in [-0.25, -0.2) is 4.98 Å². The number of carbonyl (C=O) groups excluding carboxylic acids is 1. The quantitative estimate of drug-likeness (QED) is 0.752. The van der Waals surface area contributed by atoms with Crippen LogP contribution in [0.4, 0.5) is 0 Å². The summed E-state index contributed by atoms with van der Waals surface area (Å²) in [4.78, 5) is 16.0. The van der Waals surface area contributed by atoms with Crippen molar-refractivity contribution in [2.45, 2.75) is 13.0 Å². The molecule has 17 heavy (non-hydrogen) atoms. The van der Waals surface area contributed by atoms with Gasteiger partial charge in [0.15, 0.2) is 5.78 Å². The number of rotatable bonds is 3. The first-order chi connectivity index (χ1) is 8.24. The number of hydrogen-bond donors (Lipinski definition) is 0. The molecule has 1 unspecified atom stereocenters. The Morgan fingerprint density at radius 3 is 2.76 bits per heavy atom. The molecule has 84 valence electrons. The van der Waals surface area contributed by atoms with Crippen LogP contribution in [0.25, 0.3) is 0 Å². The first-order valence-electron chi connectivity index (χ1n) is 5.26. The topological polar surface area (TPSA) is 58.7 Å². The molecular weight excluding hydrogens is 214 g/mol. The average molecular weight is 225 g/mol. The third-order valence-corrected chi connectivity index (χ3v) is 2.62. The van der Waals surface area contributed by atoms with Crippen molar-refractivity contribution in [3.8, 4) is 6.07 Å². The number of nitriles is 1. The molecule has 0 aliphatic heterocycles. The van der Waals surface area contributed by atoms with Gasteiger partial charge in [-0.1, -0.05) is 30.3 Å². The van der Waals surface area contributed by atoms with Gasteiger partial charge in [-0.15, -0.1) is 0 Å². The third kappa shape index (κ3) is 2.08. The molecule has 0 aliphatic rings. The Morgan fingerprint density at radius 2 is 2.12 bits per heavy atom. The zero-order valence-electron chi connectivity index (χ0n) is 9.37. The summed E-state index contributed by atoms with van der Waals surface area (Å²) < 4.78 is 1.58. The molecule has 2 rings (SSSR count). The van der Waals surface area contributed by atoms with Gasteiger partial charge in [0.25, 0.3) is 0 Å². The molecule has 0 spiro atoms. The van der Waals surface area contributed by atoms with E-state index in [0.29, 0.717) is 5.56 Å². The molecule has 2 aromatic rings. The third-order valence-electron chi connectivity index (χ3n) is 2.62. The maximum atomic E-state index is 12.2. The molecule has 0 radical (unpaired) electrons. The number of aromatic nitrogens is 2. The van der Waals surface area contributed by atoms with Crippen LogP contribution in [-0.2, 0) is 0 Å². The first kappa shape index (κ1) is 11.1. The van der Waals surface area contributed by atoms with Crippen molar-refractivity contribution in [3.63, 3.8) is 0 Å². The van der Waals surface area contributed by atoms with Crippen LogP contribution in [0.3, 0.4) is 0 Å². The Balaban J connectivity index is 2.31. The van der Waals surface area contributed by atoms with Crippen molar-refractivity contribution < 1.29 is 4.79 Å². The fraction of sp³-hybridized carbons (Fsp3) is 0.154. The van der Waals surface area contributed by atoms with Crippen molar-refractivity contribution in [1.82, 2.24) is 9.55 Å². The van der Waals surface area contributed by atoms with Crippen LogP contribution >= 0.6 is 0 Å². The van der Waals surface area contributed by atoms with E-state index in [1.54, 1.807) is 29.8 Å². The number of nitrogens with zero attached hydrogens (tertiary/aromatic N) is 3. The summed E-state index contributed by atoms with van der Waals surface area (Å²) in [6.45, 7) is 1.76. The molecule has 4 nitrogen and oxygen atoms in total. The fourth-order valence-corrected chi connectivity index (χ4v) is 1.68. The minimum atomic E-state index is -0.422. The molecule has 4 heteroatoms. The van der Waals surface area contributed by atoms with E-state index in [2.05, 4.69) is 4.98 Å². The number of imidazole rings is 1. The van der Waals surface area contributed by atoms with E-state index in [-0.39, 0.29) is 11.6 Å². The van der Waals surface area contributed by atoms with Crippen molar-refractivity contribution in [2.24, 2.45) is 0 Å². The molecule has 0 amide bonds. The number of carbonyl (C=O) groups is 1. The molecule has 1 atom stereocenters. The van der Waals surface area contributed by atoms with Crippen molar-refractivity contribution in [3.05, 3.63) is 54.1 Å². The van der Waals surface area contributed by atoms with Crippen LogP contribution < -0.4 is 0 Å². The van der Waals surface area contributed by atoms with Crippen LogP contribution in [0, 0.1) is 11.3 Å². The van der Waals surface area contributed by atoms with Gasteiger partial charge in [-0.05, 0) is 6.92 Å². The summed E-state index contributed by atoms with van der Waals surface area (Å²) in [5.41, 5.74) is 0.637. The van der Waals surface area contributed by atoms with E-state index in [1.165, 1.54) is 6.20 Å². The predicted molar refractivity (Wildman–Crippen MR) is 62.4 cm³/mol. The second-order valence-electron chi connectivity index (χ2n) is 3.68. The maximum Gasteiger partial charge on any atom is 0.213 e. The van der Waals surface area contributed by atoms with Gasteiger partial charge in [0.1, 0.15) is 6.07 Å². The Morgan fingerprint density at radius 1 is 1.41 bits per heavy atom. The monoisotopic (exact) mass is 225 g/mol. The van der Waals surface area contributed by atoms with Gasteiger partial charge in [0.05, 0.1) is 6.04 Å². The summed E-state index contributed by atoms with van der Waals surface area (Å²) in [6, 6.07) is 10.6. The summed E-state index contributed by atoms with van der Waals surface area (Å²) in [6.07, 6.45) is 3.16. The molecule has 1 aromatic carbocycles. The highest BCUT2D eigenvalue weighted by atomic mass is 16.1. The SMILES string of the molecule is CC(C(=O)c1ccccc1)n1ccnc1C#N. The largest absolute Gasteiger partial charge is 0.312 e. The van der Waals surface area contributed by atoms with E-state index >= 15 is 0 Å². The van der Waals surface area contributed by atoms with E-state index in [1.807, 2.05) is 24.3 Å². The van der Waals surface area contributed by atoms with Crippen LogP contribution in [0.5, 0.6) is 0 Å². The standard InChI is InChI=1S/C13H11N3O/c1-10(16-8-7-15-12(16)9-14)13(17)11-5-3-2-4-6-11/h2-8,10H,1H3. The Labute approximate surface area is 99.1 Å². The van der Waals surface area contributed by atoms with E-state index in [9.17, 15) is 4.79 Å². The molecule has 0 fully saturated rings. The second-order valence-corrected chi connectivity index (χ2v) is 3.68. The van der Waals surface area contributed by atoms with Gasteiger partial charge >= 0.3 is 0 Å². The lowest BCUT2D eigenvalue weighted by Crippen LogP contribution is -2.17. The zero-order valence-corrected chi connectivity index (χ0v) is 9.37. The summed E-state index contributed by atoms with van der Waals surface area (Å²) in [5, 5.41) is 8.86. The lowest BCUT2D eigenvalue weighted by molar-refractivity contribution is 0.0934. The van der Waals surface area contributed by atoms with Gasteiger partial charge in [-0.3, -0.25) is 4.79 Å². The molecule has 0 saturated carbocycles. The number of Topliss-reactive ketones (excluding diaryl/α,β-unsaturated/α-hetero) is 1. The minimum absolute atomic E-state index is 0.0277. The predicted octanol–water partition coefficient (Wildman–Crippen LogP) is 2.20. The molecule has 1 aromatic heterocycles. The van der Waals surface area contributed by atoms with Gasteiger partial charge in [0.2, 0.25) is 5.82 Å². The molecule has 0 aliphatic carbocycles. The van der Waals surface area contributed by atoms with Crippen LogP contribution in [0.2, 0.25) is 0 Å². The first-order valence-corrected chi connectivity index (χ1v) is 5.26. The number of benzene rings is 1. The number of ketones is 1. The van der Waals surface area contributed by atoms with E-state index < -0.39 is 6.04 Å². The van der Waals surface area contributed by atoms with Crippen LogP contribution in [-0.4, -0.2) is 15.3 Å². The molecule has 0 saturated heterocycles. The van der Waals surface area contributed by atoms with Gasteiger partial charge in [-0.2, -0.15) is 5.26 Å². The molecule has 0 N–H and O–H groups in total. The smallest absolute Gasteiger partial charge is 0.213 e. The zero-order chi connectivity index (χ0) is 12.3. The van der Waals surface area contributed by atoms with E-state index in [0.717, 1.165) is 0 Å². The molecule has 1 heterocycles. The van der Waals surface area contributed by atoms with Crippen molar-refractivity contribution in [2.75, 3.05) is 0 Å². The summed E-state index contributed by atoms with van der Waals surface area (Å²) in [5.74, 6) is 0.224. The average Bonchev–Trinajstić information content (AvgIpc) is 2.86. The Kier molecular flexibility index (Phi) is 3.01. The van der Waals surface area contributed by atoms with Gasteiger partial charge in [0, 0.05) is 18.0 Å². The van der Waals surface area contributed by atoms with Crippen molar-refractivity contribution >= 4 is 5.78 Å². The second kappa shape index (κ2) is 4.62. The molecule has 0 bridgehead atoms. The Hall–Kier alpha value is -2.41. The highest BCUT2D eigenvalue weighted by Crippen LogP contribution is 2.15. The summed E-state index contributed by atoms with van der Waals surface area (Å²) in [7, 11) is 0. The highest BCUT2D eigenvalue weighted by molar-refractivity contribution is 5.98. The summed E-state index contributed by atoms with van der Waals surface area (Å²) >= 11 is 0.